The van der Waals surface area contributed by atoms with E-state index < -0.39 is 11.9 Å². The second kappa shape index (κ2) is 10.2. The van der Waals surface area contributed by atoms with E-state index in [0.717, 1.165) is 29.9 Å². The Hall–Kier alpha value is -2.45. The van der Waals surface area contributed by atoms with Gasteiger partial charge in [-0.3, -0.25) is 15.0 Å². The molecule has 8 heteroatoms. The van der Waals surface area contributed by atoms with Gasteiger partial charge in [-0.2, -0.15) is 5.10 Å². The standard InChI is InChI=1S/C20H26N4O3S/c1-13(2)24(14(3)4)12-16-8-6-15(7-9-16)11-21-23-20-22-19(26)17(28-20)10-18(25)27-5/h6-11,13-14H,12H2,1-5H3,(H,22,23,26)/b17-10+,21-11?. The molecule has 1 saturated heterocycles. The molecule has 7 nitrogen and oxygen atoms in total. The number of ether oxygens (including phenoxy) is 1. The van der Waals surface area contributed by atoms with Crippen molar-refractivity contribution in [3.63, 3.8) is 0 Å². The highest BCUT2D eigenvalue weighted by atomic mass is 32.2. The van der Waals surface area contributed by atoms with Crippen LogP contribution < -0.4 is 5.32 Å². The van der Waals surface area contributed by atoms with Gasteiger partial charge in [-0.15, -0.1) is 5.10 Å². The molecule has 28 heavy (non-hydrogen) atoms. The molecule has 1 aromatic rings. The van der Waals surface area contributed by atoms with Crippen molar-refractivity contribution in [3.8, 4) is 0 Å². The van der Waals surface area contributed by atoms with E-state index in [4.69, 9.17) is 0 Å². The smallest absolute Gasteiger partial charge is 0.331 e. The van der Waals surface area contributed by atoms with Gasteiger partial charge in [0.15, 0.2) is 5.17 Å². The Morgan fingerprint density at radius 1 is 1.21 bits per heavy atom. The Kier molecular flexibility index (Phi) is 7.95. The minimum absolute atomic E-state index is 0.227. The van der Waals surface area contributed by atoms with E-state index in [9.17, 15) is 9.59 Å². The van der Waals surface area contributed by atoms with E-state index >= 15 is 0 Å². The van der Waals surface area contributed by atoms with Crippen LogP contribution in [0.3, 0.4) is 0 Å². The Bertz CT molecular complexity index is 790. The summed E-state index contributed by atoms with van der Waals surface area (Å²) in [4.78, 5) is 25.6. The van der Waals surface area contributed by atoms with Crippen LogP contribution in [-0.2, 0) is 20.9 Å². The molecule has 1 aliphatic heterocycles. The molecule has 0 spiro atoms. The van der Waals surface area contributed by atoms with Gasteiger partial charge in [0, 0.05) is 24.7 Å². The van der Waals surface area contributed by atoms with Crippen LogP contribution in [0.2, 0.25) is 0 Å². The molecule has 1 N–H and O–H groups in total. The number of hydrogen-bond donors (Lipinski definition) is 1. The van der Waals surface area contributed by atoms with Crippen LogP contribution in [0, 0.1) is 0 Å². The normalized spacial score (nSPS) is 17.5. The summed E-state index contributed by atoms with van der Waals surface area (Å²) in [6, 6.07) is 9.09. The van der Waals surface area contributed by atoms with Gasteiger partial charge in [-0.25, -0.2) is 4.79 Å². The topological polar surface area (TPSA) is 83.4 Å². The summed E-state index contributed by atoms with van der Waals surface area (Å²) in [5.41, 5.74) is 2.15. The number of thioether (sulfide) groups is 1. The van der Waals surface area contributed by atoms with Crippen LogP contribution in [0.15, 0.2) is 45.4 Å². The SMILES string of the molecule is COC(=O)/C=C1/S/C(=N\N=Cc2ccc(CN(C(C)C)C(C)C)cc2)NC1=O. The fraction of sp³-hybridized carbons (Fsp3) is 0.400. The lowest BCUT2D eigenvalue weighted by Crippen LogP contribution is -2.36. The minimum Gasteiger partial charge on any atom is -0.466 e. The molecular formula is C20H26N4O3S. The molecule has 0 aliphatic carbocycles. The van der Waals surface area contributed by atoms with Crippen LogP contribution in [0.1, 0.15) is 38.8 Å². The maximum absolute atomic E-state index is 11.7. The van der Waals surface area contributed by atoms with Gasteiger partial charge in [-0.1, -0.05) is 24.3 Å². The first-order chi connectivity index (χ1) is 13.3. The third kappa shape index (κ3) is 6.31. The molecule has 150 valence electrons. The molecule has 1 fully saturated rings. The van der Waals surface area contributed by atoms with Crippen molar-refractivity contribution in [3.05, 3.63) is 46.4 Å². The number of rotatable bonds is 7. The maximum Gasteiger partial charge on any atom is 0.331 e. The number of methoxy groups -OCH3 is 1. The van der Waals surface area contributed by atoms with Crippen molar-refractivity contribution < 1.29 is 14.3 Å². The van der Waals surface area contributed by atoms with Crippen LogP contribution in [0.4, 0.5) is 0 Å². The van der Waals surface area contributed by atoms with Gasteiger partial charge < -0.3 is 4.74 Å². The average molecular weight is 403 g/mol. The average Bonchev–Trinajstić information content (AvgIpc) is 2.99. The lowest BCUT2D eigenvalue weighted by atomic mass is 10.1. The molecule has 0 unspecified atom stereocenters. The summed E-state index contributed by atoms with van der Waals surface area (Å²) in [7, 11) is 1.25. The number of carbonyl (C=O) groups is 2. The molecule has 0 aromatic heterocycles. The predicted octanol–water partition coefficient (Wildman–Crippen LogP) is 2.92. The Labute approximate surface area is 169 Å². The van der Waals surface area contributed by atoms with Gasteiger partial charge >= 0.3 is 5.97 Å². The van der Waals surface area contributed by atoms with E-state index in [0.29, 0.717) is 17.3 Å². The van der Waals surface area contributed by atoms with Crippen molar-refractivity contribution in [2.75, 3.05) is 7.11 Å². The van der Waals surface area contributed by atoms with Crippen molar-refractivity contribution in [2.24, 2.45) is 10.2 Å². The van der Waals surface area contributed by atoms with Crippen molar-refractivity contribution >= 4 is 35.0 Å². The van der Waals surface area contributed by atoms with E-state index in [1.807, 2.05) is 12.1 Å². The molecule has 0 bridgehead atoms. The van der Waals surface area contributed by atoms with Gasteiger partial charge in [0.2, 0.25) is 0 Å². The van der Waals surface area contributed by atoms with E-state index in [-0.39, 0.29) is 4.91 Å². The zero-order valence-electron chi connectivity index (χ0n) is 16.8. The summed E-state index contributed by atoms with van der Waals surface area (Å²) < 4.78 is 4.51. The lowest BCUT2D eigenvalue weighted by molar-refractivity contribution is -0.135. The Morgan fingerprint density at radius 3 is 2.43 bits per heavy atom. The number of nitrogens with zero attached hydrogens (tertiary/aromatic N) is 3. The second-order valence-electron chi connectivity index (χ2n) is 6.84. The number of amidine groups is 1. The lowest BCUT2D eigenvalue weighted by Gasteiger charge is -2.30. The second-order valence-corrected chi connectivity index (χ2v) is 7.87. The molecule has 1 aliphatic rings. The zero-order chi connectivity index (χ0) is 20.7. The predicted molar refractivity (Wildman–Crippen MR) is 113 cm³/mol. The van der Waals surface area contributed by atoms with Crippen LogP contribution in [0.5, 0.6) is 0 Å². The number of amides is 1. The van der Waals surface area contributed by atoms with Gasteiger partial charge in [0.1, 0.15) is 0 Å². The van der Waals surface area contributed by atoms with Crippen LogP contribution >= 0.6 is 11.8 Å². The quantitative estimate of drug-likeness (QED) is 0.328. The monoisotopic (exact) mass is 402 g/mol. The fourth-order valence-electron chi connectivity index (χ4n) is 2.67. The first-order valence-electron chi connectivity index (χ1n) is 9.04. The highest BCUT2D eigenvalue weighted by Gasteiger charge is 2.25. The number of hydrogen-bond acceptors (Lipinski definition) is 7. The maximum atomic E-state index is 11.7. The van der Waals surface area contributed by atoms with Crippen LogP contribution in [-0.4, -0.2) is 47.4 Å². The van der Waals surface area contributed by atoms with E-state index in [2.05, 4.69) is 65.0 Å². The van der Waals surface area contributed by atoms with Gasteiger partial charge in [-0.05, 0) is 50.6 Å². The van der Waals surface area contributed by atoms with E-state index in [1.54, 1.807) is 6.21 Å². The fourth-order valence-corrected chi connectivity index (χ4v) is 3.41. The molecular weight excluding hydrogens is 376 g/mol. The summed E-state index contributed by atoms with van der Waals surface area (Å²) in [6.45, 7) is 9.70. The minimum atomic E-state index is -0.587. The van der Waals surface area contributed by atoms with E-state index in [1.165, 1.54) is 12.7 Å². The summed E-state index contributed by atoms with van der Waals surface area (Å²) >= 11 is 1.04. The molecule has 1 heterocycles. The molecule has 0 radical (unpaired) electrons. The highest BCUT2D eigenvalue weighted by molar-refractivity contribution is 8.18. The molecule has 2 rings (SSSR count). The largest absolute Gasteiger partial charge is 0.466 e. The molecule has 0 saturated carbocycles. The first kappa shape index (κ1) is 21.8. The highest BCUT2D eigenvalue weighted by Crippen LogP contribution is 2.23. The van der Waals surface area contributed by atoms with Crippen LogP contribution in [0.25, 0.3) is 0 Å². The third-order valence-electron chi connectivity index (χ3n) is 4.13. The summed E-state index contributed by atoms with van der Waals surface area (Å²) in [5, 5.41) is 10.9. The molecule has 1 aromatic carbocycles. The summed E-state index contributed by atoms with van der Waals surface area (Å²) in [6.07, 6.45) is 2.75. The van der Waals surface area contributed by atoms with Crippen molar-refractivity contribution in [1.82, 2.24) is 10.2 Å². The Balaban J connectivity index is 1.98. The van der Waals surface area contributed by atoms with Gasteiger partial charge in [0.05, 0.1) is 18.2 Å². The first-order valence-corrected chi connectivity index (χ1v) is 9.86. The number of esters is 1. The molecule has 1 amide bonds. The number of nitrogens with one attached hydrogen (secondary N) is 1. The van der Waals surface area contributed by atoms with Crippen molar-refractivity contribution in [1.29, 1.82) is 0 Å². The Morgan fingerprint density at radius 2 is 1.86 bits per heavy atom. The zero-order valence-corrected chi connectivity index (χ0v) is 17.6. The number of benzene rings is 1. The number of carbonyl (C=O) groups excluding carboxylic acids is 2. The summed E-state index contributed by atoms with van der Waals surface area (Å²) in [5.74, 6) is -0.982. The van der Waals surface area contributed by atoms with Crippen molar-refractivity contribution in [2.45, 2.75) is 46.3 Å². The third-order valence-corrected chi connectivity index (χ3v) is 5.03. The van der Waals surface area contributed by atoms with Gasteiger partial charge in [0.25, 0.3) is 5.91 Å². The molecule has 0 atom stereocenters.